The molecular weight excluding hydrogens is 260 g/mol. The van der Waals surface area contributed by atoms with Gasteiger partial charge in [-0.1, -0.05) is 61.4 Å². The summed E-state index contributed by atoms with van der Waals surface area (Å²) in [5.41, 5.74) is 3.07. The summed E-state index contributed by atoms with van der Waals surface area (Å²) >= 11 is 2.14. The first-order valence-electron chi connectivity index (χ1n) is 7.74. The van der Waals surface area contributed by atoms with Gasteiger partial charge in [-0.25, -0.2) is 0 Å². The Kier molecular flexibility index (Phi) is 3.31. The highest BCUT2D eigenvalue weighted by atomic mass is 32.2. The van der Waals surface area contributed by atoms with Crippen LogP contribution in [0.1, 0.15) is 42.7 Å². The van der Waals surface area contributed by atoms with Gasteiger partial charge in [0.15, 0.2) is 0 Å². The van der Waals surface area contributed by atoms with E-state index >= 15 is 0 Å². The third-order valence-corrected chi connectivity index (χ3v) is 6.39. The largest absolute Gasteiger partial charge is 0.122 e. The summed E-state index contributed by atoms with van der Waals surface area (Å²) in [6.45, 7) is 0. The Morgan fingerprint density at radius 3 is 2.45 bits per heavy atom. The number of fused-ring (bicyclic) bond motifs is 2. The lowest BCUT2D eigenvalue weighted by Crippen LogP contribution is -2.32. The Morgan fingerprint density at radius 2 is 1.55 bits per heavy atom. The van der Waals surface area contributed by atoms with Crippen molar-refractivity contribution in [2.24, 2.45) is 5.92 Å². The quantitative estimate of drug-likeness (QED) is 0.666. The van der Waals surface area contributed by atoms with Crippen LogP contribution in [-0.4, -0.2) is 5.25 Å². The molecule has 1 aliphatic heterocycles. The molecule has 0 nitrogen and oxygen atoms in total. The highest BCUT2D eigenvalue weighted by molar-refractivity contribution is 8.00. The van der Waals surface area contributed by atoms with Gasteiger partial charge in [0.25, 0.3) is 0 Å². The smallest absolute Gasteiger partial charge is 0.0139 e. The first-order valence-corrected chi connectivity index (χ1v) is 8.62. The van der Waals surface area contributed by atoms with Gasteiger partial charge in [0.05, 0.1) is 0 Å². The second kappa shape index (κ2) is 5.29. The Hall–Kier alpha value is -1.21. The Bertz CT molecular complexity index is 590. The van der Waals surface area contributed by atoms with Crippen molar-refractivity contribution in [3.05, 3.63) is 65.7 Å². The summed E-state index contributed by atoms with van der Waals surface area (Å²) < 4.78 is 0. The molecule has 2 aromatic carbocycles. The zero-order chi connectivity index (χ0) is 13.4. The summed E-state index contributed by atoms with van der Waals surface area (Å²) in [6.07, 6.45) is 5.61. The fraction of sp³-hybridized carbons (Fsp3) is 0.368. The first kappa shape index (κ1) is 12.5. The number of hydrogen-bond acceptors (Lipinski definition) is 1. The van der Waals surface area contributed by atoms with E-state index in [4.69, 9.17) is 0 Å². The monoisotopic (exact) mass is 280 g/mol. The first-order chi connectivity index (χ1) is 9.93. The minimum absolute atomic E-state index is 0.610. The molecule has 20 heavy (non-hydrogen) atoms. The van der Waals surface area contributed by atoms with E-state index in [0.29, 0.717) is 5.92 Å². The molecule has 1 heteroatoms. The molecule has 2 aliphatic rings. The number of thioether (sulfide) groups is 1. The van der Waals surface area contributed by atoms with Crippen LogP contribution in [0.25, 0.3) is 0 Å². The molecule has 0 unspecified atom stereocenters. The number of benzene rings is 2. The maximum atomic E-state index is 2.35. The molecule has 1 saturated carbocycles. The summed E-state index contributed by atoms with van der Waals surface area (Å²) in [7, 11) is 0. The lowest BCUT2D eigenvalue weighted by molar-refractivity contribution is 0.331. The van der Waals surface area contributed by atoms with Crippen LogP contribution in [0.3, 0.4) is 0 Å². The summed E-state index contributed by atoms with van der Waals surface area (Å²) in [5.74, 6) is 1.44. The van der Waals surface area contributed by atoms with Crippen molar-refractivity contribution in [3.8, 4) is 0 Å². The molecule has 0 bridgehead atoms. The lowest BCUT2D eigenvalue weighted by Gasteiger charge is -2.42. The average Bonchev–Trinajstić information content (AvgIpc) is 2.53. The normalized spacial score (nSPS) is 28.5. The van der Waals surface area contributed by atoms with Crippen LogP contribution in [-0.2, 0) is 0 Å². The fourth-order valence-corrected chi connectivity index (χ4v) is 5.55. The van der Waals surface area contributed by atoms with Gasteiger partial charge < -0.3 is 0 Å². The molecule has 1 heterocycles. The molecule has 1 aliphatic carbocycles. The van der Waals surface area contributed by atoms with Gasteiger partial charge in [-0.15, -0.1) is 11.8 Å². The Balaban J connectivity index is 1.84. The average molecular weight is 280 g/mol. The lowest BCUT2D eigenvalue weighted by atomic mass is 9.73. The van der Waals surface area contributed by atoms with Gasteiger partial charge in [0.1, 0.15) is 0 Å². The predicted octanol–water partition coefficient (Wildman–Crippen LogP) is 5.48. The van der Waals surface area contributed by atoms with Gasteiger partial charge in [-0.2, -0.15) is 0 Å². The van der Waals surface area contributed by atoms with Crippen LogP contribution in [0.2, 0.25) is 0 Å². The number of hydrogen-bond donors (Lipinski definition) is 0. The van der Waals surface area contributed by atoms with E-state index in [-0.39, 0.29) is 0 Å². The van der Waals surface area contributed by atoms with E-state index in [1.165, 1.54) is 36.1 Å². The van der Waals surface area contributed by atoms with Crippen LogP contribution < -0.4 is 0 Å². The zero-order valence-corrected chi connectivity index (χ0v) is 12.5. The van der Waals surface area contributed by atoms with E-state index in [2.05, 4.69) is 66.4 Å². The zero-order valence-electron chi connectivity index (χ0n) is 11.7. The molecule has 0 amide bonds. The molecule has 0 spiro atoms. The van der Waals surface area contributed by atoms with Gasteiger partial charge in [0.2, 0.25) is 0 Å². The summed E-state index contributed by atoms with van der Waals surface area (Å²) in [4.78, 5) is 1.52. The fourth-order valence-electron chi connectivity index (χ4n) is 3.98. The molecule has 0 radical (unpaired) electrons. The second-order valence-corrected chi connectivity index (χ2v) is 7.31. The molecule has 4 rings (SSSR count). The van der Waals surface area contributed by atoms with Crippen molar-refractivity contribution in [1.82, 2.24) is 0 Å². The minimum atomic E-state index is 0.610. The Morgan fingerprint density at radius 1 is 0.800 bits per heavy atom. The maximum Gasteiger partial charge on any atom is 0.0139 e. The highest BCUT2D eigenvalue weighted by Gasteiger charge is 2.38. The van der Waals surface area contributed by atoms with E-state index < -0.39 is 0 Å². The third kappa shape index (κ3) is 2.09. The maximum absolute atomic E-state index is 2.35. The molecule has 0 aromatic heterocycles. The van der Waals surface area contributed by atoms with Crippen molar-refractivity contribution >= 4 is 11.8 Å². The number of rotatable bonds is 1. The SMILES string of the molecule is c1ccc([C@H]2c3ccccc3S[C@H]3CCCC[C@@H]23)cc1. The summed E-state index contributed by atoms with van der Waals surface area (Å²) in [6, 6.07) is 20.2. The standard InChI is InChI=1S/C19H20S/c1-2-8-14(9-3-1)19-15-10-4-6-12-17(15)20-18-13-7-5-11-16(18)19/h1-4,6,8-10,12,16,18-19H,5,7,11,13H2/t16-,18+,19+/m1/s1. The summed E-state index contributed by atoms with van der Waals surface area (Å²) in [5, 5.41) is 0.823. The van der Waals surface area contributed by atoms with Crippen molar-refractivity contribution in [1.29, 1.82) is 0 Å². The van der Waals surface area contributed by atoms with E-state index in [1.54, 1.807) is 5.56 Å². The third-order valence-electron chi connectivity index (χ3n) is 4.87. The minimum Gasteiger partial charge on any atom is -0.122 e. The highest BCUT2D eigenvalue weighted by Crippen LogP contribution is 2.53. The van der Waals surface area contributed by atoms with Crippen LogP contribution in [0.4, 0.5) is 0 Å². The van der Waals surface area contributed by atoms with E-state index in [9.17, 15) is 0 Å². The van der Waals surface area contributed by atoms with Crippen LogP contribution >= 0.6 is 11.8 Å². The van der Waals surface area contributed by atoms with E-state index in [0.717, 1.165) is 11.2 Å². The second-order valence-electron chi connectivity index (χ2n) is 6.03. The van der Waals surface area contributed by atoms with Gasteiger partial charge in [-0.05, 0) is 36.0 Å². The molecule has 3 atom stereocenters. The van der Waals surface area contributed by atoms with Crippen molar-refractivity contribution < 1.29 is 0 Å². The predicted molar refractivity (Wildman–Crippen MR) is 86.3 cm³/mol. The molecule has 1 fully saturated rings. The topological polar surface area (TPSA) is 0 Å². The molecule has 0 N–H and O–H groups in total. The van der Waals surface area contributed by atoms with Crippen LogP contribution in [0.5, 0.6) is 0 Å². The van der Waals surface area contributed by atoms with Gasteiger partial charge >= 0.3 is 0 Å². The molecular formula is C19H20S. The van der Waals surface area contributed by atoms with Gasteiger partial charge in [0, 0.05) is 16.1 Å². The van der Waals surface area contributed by atoms with Gasteiger partial charge in [-0.3, -0.25) is 0 Å². The van der Waals surface area contributed by atoms with Crippen molar-refractivity contribution in [3.63, 3.8) is 0 Å². The molecule has 2 aromatic rings. The molecule has 102 valence electrons. The van der Waals surface area contributed by atoms with Crippen molar-refractivity contribution in [2.75, 3.05) is 0 Å². The van der Waals surface area contributed by atoms with E-state index in [1.807, 2.05) is 0 Å². The molecule has 0 saturated heterocycles. The van der Waals surface area contributed by atoms with Crippen LogP contribution in [0, 0.1) is 5.92 Å². The van der Waals surface area contributed by atoms with Crippen LogP contribution in [0.15, 0.2) is 59.5 Å². The van der Waals surface area contributed by atoms with Crippen molar-refractivity contribution in [2.45, 2.75) is 41.7 Å². The Labute approximate surface area is 125 Å².